The number of ether oxygens (including phenoxy) is 1. The molecule has 0 bridgehead atoms. The van der Waals surface area contributed by atoms with Gasteiger partial charge >= 0.3 is 0 Å². The SMILES string of the molecule is CCCNCC(C)c1ccc(CN(CC)CCOC)cc1. The number of benzene rings is 1. The summed E-state index contributed by atoms with van der Waals surface area (Å²) in [6.07, 6.45) is 1.19. The van der Waals surface area contributed by atoms with Gasteiger partial charge in [0.2, 0.25) is 0 Å². The summed E-state index contributed by atoms with van der Waals surface area (Å²) < 4.78 is 5.16. The highest BCUT2D eigenvalue weighted by atomic mass is 16.5. The summed E-state index contributed by atoms with van der Waals surface area (Å²) in [6, 6.07) is 9.08. The first-order valence-corrected chi connectivity index (χ1v) is 8.22. The average molecular weight is 292 g/mol. The van der Waals surface area contributed by atoms with Gasteiger partial charge in [-0.25, -0.2) is 0 Å². The van der Waals surface area contributed by atoms with Gasteiger partial charge in [-0.1, -0.05) is 45.0 Å². The highest BCUT2D eigenvalue weighted by molar-refractivity contribution is 5.25. The molecule has 1 atom stereocenters. The molecule has 1 aromatic carbocycles. The molecule has 0 saturated heterocycles. The van der Waals surface area contributed by atoms with Crippen molar-refractivity contribution in [2.45, 2.75) is 39.7 Å². The molecule has 0 heterocycles. The van der Waals surface area contributed by atoms with Crippen molar-refractivity contribution >= 4 is 0 Å². The maximum Gasteiger partial charge on any atom is 0.0589 e. The van der Waals surface area contributed by atoms with Gasteiger partial charge in [-0.15, -0.1) is 0 Å². The van der Waals surface area contributed by atoms with Crippen LogP contribution >= 0.6 is 0 Å². The van der Waals surface area contributed by atoms with E-state index in [9.17, 15) is 0 Å². The Balaban J connectivity index is 2.48. The summed E-state index contributed by atoms with van der Waals surface area (Å²) in [5, 5.41) is 3.49. The fourth-order valence-electron chi connectivity index (χ4n) is 2.39. The number of likely N-dealkylation sites (N-methyl/N-ethyl adjacent to an activating group) is 1. The van der Waals surface area contributed by atoms with E-state index in [2.05, 4.69) is 55.3 Å². The molecule has 1 rings (SSSR count). The summed E-state index contributed by atoms with van der Waals surface area (Å²) >= 11 is 0. The number of rotatable bonds is 11. The van der Waals surface area contributed by atoms with E-state index in [0.717, 1.165) is 39.3 Å². The van der Waals surface area contributed by atoms with E-state index in [4.69, 9.17) is 4.74 Å². The molecule has 0 fully saturated rings. The van der Waals surface area contributed by atoms with Crippen LogP contribution in [0, 0.1) is 0 Å². The molecule has 3 nitrogen and oxygen atoms in total. The van der Waals surface area contributed by atoms with Crippen molar-refractivity contribution in [2.24, 2.45) is 0 Å². The molecular formula is C18H32N2O. The molecule has 0 aliphatic heterocycles. The first kappa shape index (κ1) is 18.1. The van der Waals surface area contributed by atoms with Gasteiger partial charge in [-0.3, -0.25) is 4.90 Å². The van der Waals surface area contributed by atoms with Crippen LogP contribution in [-0.2, 0) is 11.3 Å². The Morgan fingerprint density at radius 2 is 1.90 bits per heavy atom. The van der Waals surface area contributed by atoms with Crippen LogP contribution in [0.3, 0.4) is 0 Å². The fourth-order valence-corrected chi connectivity index (χ4v) is 2.39. The molecule has 1 N–H and O–H groups in total. The summed E-state index contributed by atoms with van der Waals surface area (Å²) in [7, 11) is 1.76. The number of methoxy groups -OCH3 is 1. The molecule has 0 saturated carbocycles. The molecule has 1 aromatic rings. The lowest BCUT2D eigenvalue weighted by Gasteiger charge is -2.20. The molecule has 3 heteroatoms. The van der Waals surface area contributed by atoms with Gasteiger partial charge in [0.15, 0.2) is 0 Å². The van der Waals surface area contributed by atoms with Crippen LogP contribution in [0.15, 0.2) is 24.3 Å². The lowest BCUT2D eigenvalue weighted by atomic mass is 9.99. The minimum absolute atomic E-state index is 0.571. The van der Waals surface area contributed by atoms with E-state index >= 15 is 0 Å². The Kier molecular flexibility index (Phi) is 9.31. The molecule has 0 aliphatic carbocycles. The van der Waals surface area contributed by atoms with E-state index in [0.29, 0.717) is 5.92 Å². The van der Waals surface area contributed by atoms with Crippen molar-refractivity contribution < 1.29 is 4.74 Å². The zero-order valence-corrected chi connectivity index (χ0v) is 14.2. The first-order chi connectivity index (χ1) is 10.2. The van der Waals surface area contributed by atoms with Gasteiger partial charge in [-0.2, -0.15) is 0 Å². The van der Waals surface area contributed by atoms with Gasteiger partial charge in [0.25, 0.3) is 0 Å². The predicted molar refractivity (Wildman–Crippen MR) is 90.8 cm³/mol. The smallest absolute Gasteiger partial charge is 0.0589 e. The summed E-state index contributed by atoms with van der Waals surface area (Å²) in [4.78, 5) is 2.41. The highest BCUT2D eigenvalue weighted by Crippen LogP contribution is 2.16. The monoisotopic (exact) mass is 292 g/mol. The van der Waals surface area contributed by atoms with Crippen molar-refractivity contribution in [3.05, 3.63) is 35.4 Å². The third-order valence-corrected chi connectivity index (χ3v) is 3.89. The van der Waals surface area contributed by atoms with Crippen LogP contribution in [0.25, 0.3) is 0 Å². The Hall–Kier alpha value is -0.900. The Morgan fingerprint density at radius 3 is 2.48 bits per heavy atom. The van der Waals surface area contributed by atoms with Gasteiger partial charge in [0.05, 0.1) is 6.61 Å². The van der Waals surface area contributed by atoms with Gasteiger partial charge in [0.1, 0.15) is 0 Å². The maximum absolute atomic E-state index is 5.16. The van der Waals surface area contributed by atoms with Crippen molar-refractivity contribution in [3.63, 3.8) is 0 Å². The minimum Gasteiger partial charge on any atom is -0.383 e. The minimum atomic E-state index is 0.571. The van der Waals surface area contributed by atoms with Gasteiger partial charge < -0.3 is 10.1 Å². The quantitative estimate of drug-likeness (QED) is 0.634. The van der Waals surface area contributed by atoms with Gasteiger partial charge in [-0.05, 0) is 36.6 Å². The number of nitrogens with zero attached hydrogens (tertiary/aromatic N) is 1. The fraction of sp³-hybridized carbons (Fsp3) is 0.667. The zero-order valence-electron chi connectivity index (χ0n) is 14.2. The average Bonchev–Trinajstić information content (AvgIpc) is 2.52. The normalized spacial score (nSPS) is 12.8. The molecule has 0 radical (unpaired) electrons. The second-order valence-corrected chi connectivity index (χ2v) is 5.71. The number of hydrogen-bond donors (Lipinski definition) is 1. The Bertz CT molecular complexity index is 364. The topological polar surface area (TPSA) is 24.5 Å². The van der Waals surface area contributed by atoms with E-state index in [-0.39, 0.29) is 0 Å². The predicted octanol–water partition coefficient (Wildman–Crippen LogP) is 3.26. The third kappa shape index (κ3) is 7.07. The standard InChI is InChI=1S/C18H32N2O/c1-5-11-19-14-16(3)18-9-7-17(8-10-18)15-20(6-2)12-13-21-4/h7-10,16,19H,5-6,11-15H2,1-4H3. The molecule has 1 unspecified atom stereocenters. The van der Waals surface area contributed by atoms with Crippen molar-refractivity contribution in [3.8, 4) is 0 Å². The van der Waals surface area contributed by atoms with Crippen LogP contribution in [-0.4, -0.2) is 44.8 Å². The third-order valence-electron chi connectivity index (χ3n) is 3.89. The molecular weight excluding hydrogens is 260 g/mol. The van der Waals surface area contributed by atoms with Crippen molar-refractivity contribution in [1.82, 2.24) is 10.2 Å². The number of hydrogen-bond acceptors (Lipinski definition) is 3. The summed E-state index contributed by atoms with van der Waals surface area (Å²) in [5.74, 6) is 0.571. The van der Waals surface area contributed by atoms with Crippen LogP contribution in [0.5, 0.6) is 0 Å². The molecule has 0 amide bonds. The van der Waals surface area contributed by atoms with Crippen LogP contribution in [0.2, 0.25) is 0 Å². The molecule has 0 aliphatic rings. The molecule has 0 spiro atoms. The molecule has 0 aromatic heterocycles. The van der Waals surface area contributed by atoms with Crippen molar-refractivity contribution in [1.29, 1.82) is 0 Å². The summed E-state index contributed by atoms with van der Waals surface area (Å²) in [6.45, 7) is 12.7. The second kappa shape index (κ2) is 10.8. The Labute approximate surface area is 130 Å². The van der Waals surface area contributed by atoms with Crippen LogP contribution in [0.4, 0.5) is 0 Å². The van der Waals surface area contributed by atoms with Crippen LogP contribution < -0.4 is 5.32 Å². The van der Waals surface area contributed by atoms with E-state index in [1.54, 1.807) is 7.11 Å². The number of nitrogens with one attached hydrogen (secondary N) is 1. The lowest BCUT2D eigenvalue weighted by molar-refractivity contribution is 0.147. The van der Waals surface area contributed by atoms with Crippen LogP contribution in [0.1, 0.15) is 44.2 Å². The molecule has 120 valence electrons. The van der Waals surface area contributed by atoms with Gasteiger partial charge in [0, 0.05) is 26.7 Å². The largest absolute Gasteiger partial charge is 0.383 e. The molecule has 21 heavy (non-hydrogen) atoms. The van der Waals surface area contributed by atoms with Crippen molar-refractivity contribution in [2.75, 3.05) is 39.9 Å². The maximum atomic E-state index is 5.16. The van der Waals surface area contributed by atoms with E-state index in [1.807, 2.05) is 0 Å². The highest BCUT2D eigenvalue weighted by Gasteiger charge is 2.07. The Morgan fingerprint density at radius 1 is 1.19 bits per heavy atom. The first-order valence-electron chi connectivity index (χ1n) is 8.22. The zero-order chi connectivity index (χ0) is 15.5. The second-order valence-electron chi connectivity index (χ2n) is 5.71. The van der Waals surface area contributed by atoms with E-state index in [1.165, 1.54) is 17.5 Å². The lowest BCUT2D eigenvalue weighted by Crippen LogP contribution is -2.26. The van der Waals surface area contributed by atoms with E-state index < -0.39 is 0 Å². The summed E-state index contributed by atoms with van der Waals surface area (Å²) in [5.41, 5.74) is 2.80.